The molecule has 0 fully saturated rings. The van der Waals surface area contributed by atoms with Gasteiger partial charge in [0.2, 0.25) is 5.91 Å². The van der Waals surface area contributed by atoms with Crippen LogP contribution in [0.3, 0.4) is 0 Å². The van der Waals surface area contributed by atoms with Crippen LogP contribution in [0.15, 0.2) is 61.2 Å². The number of carboxylic acids is 1. The van der Waals surface area contributed by atoms with E-state index in [9.17, 15) is 14.7 Å². The molecule has 0 saturated carbocycles. The lowest BCUT2D eigenvalue weighted by molar-refractivity contribution is -0.118. The Labute approximate surface area is 175 Å². The summed E-state index contributed by atoms with van der Waals surface area (Å²) in [5.41, 5.74) is 2.57. The fraction of sp³-hybridized carbons (Fsp3) is 0.0476. The Balaban J connectivity index is 1.94. The van der Waals surface area contributed by atoms with Crippen molar-refractivity contribution < 1.29 is 19.8 Å². The summed E-state index contributed by atoms with van der Waals surface area (Å²) in [6.07, 6.45) is 5.08. The van der Waals surface area contributed by atoms with Crippen molar-refractivity contribution in [3.8, 4) is 16.9 Å². The smallest absolute Gasteiger partial charge is 0.335 e. The number of pyridine rings is 1. The zero-order chi connectivity index (χ0) is 21.3. The molecule has 0 aliphatic rings. The first-order chi connectivity index (χ1) is 14.4. The van der Waals surface area contributed by atoms with Gasteiger partial charge in [-0.15, -0.1) is 0 Å². The number of aliphatic hydroxyl groups excluding tert-OH is 1. The molecule has 0 saturated heterocycles. The minimum Gasteiger partial charge on any atom is -0.478 e. The van der Waals surface area contributed by atoms with Crippen molar-refractivity contribution in [1.82, 2.24) is 14.5 Å². The van der Waals surface area contributed by atoms with E-state index in [4.69, 9.17) is 16.7 Å². The molecule has 8 nitrogen and oxygen atoms in total. The SMILES string of the molecule is O=C(CO)Nc1cc(C(=O)O)cc(-c2cc(-n3ccnc3)c3ccc(Cl)cc3n2)c1. The number of rotatable bonds is 5. The van der Waals surface area contributed by atoms with Crippen molar-refractivity contribution in [2.24, 2.45) is 0 Å². The molecule has 2 aromatic carbocycles. The van der Waals surface area contributed by atoms with Crippen LogP contribution in [-0.2, 0) is 4.79 Å². The maximum atomic E-state index is 11.6. The number of aliphatic hydroxyl groups is 1. The number of halogens is 1. The fourth-order valence-electron chi connectivity index (χ4n) is 3.12. The van der Waals surface area contributed by atoms with Crippen LogP contribution in [0.2, 0.25) is 5.02 Å². The maximum Gasteiger partial charge on any atom is 0.335 e. The molecule has 0 radical (unpaired) electrons. The van der Waals surface area contributed by atoms with Gasteiger partial charge < -0.3 is 20.1 Å². The normalized spacial score (nSPS) is 10.9. The van der Waals surface area contributed by atoms with Gasteiger partial charge in [0.25, 0.3) is 0 Å². The van der Waals surface area contributed by atoms with Gasteiger partial charge in [0.05, 0.1) is 28.8 Å². The summed E-state index contributed by atoms with van der Waals surface area (Å²) in [5, 5.41) is 22.3. The average molecular weight is 423 g/mol. The van der Waals surface area contributed by atoms with Crippen molar-refractivity contribution in [3.05, 3.63) is 71.8 Å². The van der Waals surface area contributed by atoms with E-state index in [1.54, 1.807) is 43.0 Å². The van der Waals surface area contributed by atoms with Gasteiger partial charge in [0, 0.05) is 34.1 Å². The number of hydrogen-bond donors (Lipinski definition) is 3. The number of aromatic carboxylic acids is 1. The molecule has 0 unspecified atom stereocenters. The Kier molecular flexibility index (Phi) is 5.18. The highest BCUT2D eigenvalue weighted by Gasteiger charge is 2.14. The molecular weight excluding hydrogens is 408 g/mol. The van der Waals surface area contributed by atoms with Crippen LogP contribution < -0.4 is 5.32 Å². The number of nitrogens with zero attached hydrogens (tertiary/aromatic N) is 3. The van der Waals surface area contributed by atoms with Crippen molar-refractivity contribution in [1.29, 1.82) is 0 Å². The van der Waals surface area contributed by atoms with Crippen LogP contribution >= 0.6 is 11.6 Å². The predicted octanol–water partition coefficient (Wildman–Crippen LogP) is 3.37. The largest absolute Gasteiger partial charge is 0.478 e. The van der Waals surface area contributed by atoms with Crippen molar-refractivity contribution in [3.63, 3.8) is 0 Å². The third-order valence-electron chi connectivity index (χ3n) is 4.44. The van der Waals surface area contributed by atoms with Gasteiger partial charge in [0.15, 0.2) is 0 Å². The fourth-order valence-corrected chi connectivity index (χ4v) is 3.28. The van der Waals surface area contributed by atoms with Gasteiger partial charge in [0.1, 0.15) is 6.61 Å². The van der Waals surface area contributed by atoms with Gasteiger partial charge in [-0.25, -0.2) is 14.8 Å². The second kappa shape index (κ2) is 7.94. The lowest BCUT2D eigenvalue weighted by Crippen LogP contribution is -2.16. The topological polar surface area (TPSA) is 117 Å². The number of nitrogens with one attached hydrogen (secondary N) is 1. The third-order valence-corrected chi connectivity index (χ3v) is 4.67. The maximum absolute atomic E-state index is 11.6. The first-order valence-electron chi connectivity index (χ1n) is 8.83. The Hall–Kier alpha value is -3.75. The second-order valence-corrected chi connectivity index (χ2v) is 6.90. The summed E-state index contributed by atoms with van der Waals surface area (Å²) in [4.78, 5) is 31.9. The van der Waals surface area contributed by atoms with Gasteiger partial charge in [-0.3, -0.25) is 4.79 Å². The average Bonchev–Trinajstić information content (AvgIpc) is 3.27. The summed E-state index contributed by atoms with van der Waals surface area (Å²) in [6, 6.07) is 11.5. The molecule has 4 rings (SSSR count). The lowest BCUT2D eigenvalue weighted by atomic mass is 10.0. The monoisotopic (exact) mass is 422 g/mol. The number of amides is 1. The van der Waals surface area contributed by atoms with E-state index in [0.29, 0.717) is 21.8 Å². The van der Waals surface area contributed by atoms with Crippen LogP contribution in [-0.4, -0.2) is 43.2 Å². The number of hydrogen-bond acceptors (Lipinski definition) is 5. The van der Waals surface area contributed by atoms with E-state index in [2.05, 4.69) is 15.3 Å². The number of imidazole rings is 1. The van der Waals surface area contributed by atoms with Crippen molar-refractivity contribution in [2.45, 2.75) is 0 Å². The number of anilines is 1. The molecule has 0 aliphatic carbocycles. The van der Waals surface area contributed by atoms with Gasteiger partial charge in [-0.1, -0.05) is 11.6 Å². The first-order valence-corrected chi connectivity index (χ1v) is 9.20. The summed E-state index contributed by atoms with van der Waals surface area (Å²) in [7, 11) is 0. The zero-order valence-electron chi connectivity index (χ0n) is 15.4. The Morgan fingerprint density at radius 3 is 2.67 bits per heavy atom. The third kappa shape index (κ3) is 3.86. The molecule has 0 spiro atoms. The number of aromatic nitrogens is 3. The van der Waals surface area contributed by atoms with Crippen LogP contribution in [0, 0.1) is 0 Å². The van der Waals surface area contributed by atoms with Crippen molar-refractivity contribution >= 4 is 40.1 Å². The van der Waals surface area contributed by atoms with E-state index in [-0.39, 0.29) is 11.3 Å². The van der Waals surface area contributed by atoms with E-state index in [1.165, 1.54) is 12.1 Å². The highest BCUT2D eigenvalue weighted by atomic mass is 35.5. The summed E-state index contributed by atoms with van der Waals surface area (Å²) in [5.74, 6) is -1.81. The lowest BCUT2D eigenvalue weighted by Gasteiger charge is -2.13. The van der Waals surface area contributed by atoms with Crippen LogP contribution in [0.5, 0.6) is 0 Å². The number of carboxylic acid groups (broad SMARTS) is 1. The van der Waals surface area contributed by atoms with Gasteiger partial charge >= 0.3 is 5.97 Å². The van der Waals surface area contributed by atoms with Crippen LogP contribution in [0.1, 0.15) is 10.4 Å². The minimum atomic E-state index is -1.16. The summed E-state index contributed by atoms with van der Waals surface area (Å²) in [6.45, 7) is -0.718. The highest BCUT2D eigenvalue weighted by molar-refractivity contribution is 6.31. The zero-order valence-corrected chi connectivity index (χ0v) is 16.2. The molecule has 2 heterocycles. The Bertz CT molecular complexity index is 1270. The Morgan fingerprint density at radius 1 is 1.13 bits per heavy atom. The molecule has 3 N–H and O–H groups in total. The molecular formula is C21H15ClN4O4. The van der Waals surface area contributed by atoms with Crippen LogP contribution in [0.4, 0.5) is 5.69 Å². The number of benzene rings is 2. The van der Waals surface area contributed by atoms with Crippen LogP contribution in [0.25, 0.3) is 27.8 Å². The summed E-state index contributed by atoms with van der Waals surface area (Å²) < 4.78 is 1.82. The minimum absolute atomic E-state index is 0.0297. The molecule has 0 aliphatic heterocycles. The molecule has 2 aromatic heterocycles. The number of carbonyl (C=O) groups excluding carboxylic acids is 1. The molecule has 0 atom stereocenters. The molecule has 4 aromatic rings. The van der Waals surface area contributed by atoms with Gasteiger partial charge in [-0.2, -0.15) is 0 Å². The second-order valence-electron chi connectivity index (χ2n) is 6.47. The predicted molar refractivity (Wildman–Crippen MR) is 112 cm³/mol. The molecule has 30 heavy (non-hydrogen) atoms. The van der Waals surface area contributed by atoms with E-state index in [0.717, 1.165) is 11.1 Å². The van der Waals surface area contributed by atoms with Gasteiger partial charge in [-0.05, 0) is 42.5 Å². The number of carbonyl (C=O) groups is 2. The standard InChI is InChI=1S/C21H15ClN4O4/c22-14-1-2-16-18(8-14)25-17(9-19(16)26-4-3-23-11-26)12-5-13(21(29)30)7-15(6-12)24-20(28)10-27/h1-9,11,27H,10H2,(H,24,28)(H,29,30). The number of fused-ring (bicyclic) bond motifs is 1. The summed E-state index contributed by atoms with van der Waals surface area (Å²) >= 11 is 6.15. The molecule has 1 amide bonds. The van der Waals surface area contributed by atoms with E-state index < -0.39 is 18.5 Å². The van der Waals surface area contributed by atoms with E-state index in [1.807, 2.05) is 10.6 Å². The van der Waals surface area contributed by atoms with Crippen molar-refractivity contribution in [2.75, 3.05) is 11.9 Å². The first kappa shape index (κ1) is 19.6. The Morgan fingerprint density at radius 2 is 1.97 bits per heavy atom. The quantitative estimate of drug-likeness (QED) is 0.454. The molecule has 150 valence electrons. The molecule has 0 bridgehead atoms. The van der Waals surface area contributed by atoms with E-state index >= 15 is 0 Å². The highest BCUT2D eigenvalue weighted by Crippen LogP contribution is 2.31. The molecule has 9 heteroatoms.